The lowest BCUT2D eigenvalue weighted by molar-refractivity contribution is -0.152. The number of fused-ring (bicyclic) bond motifs is 4. The first kappa shape index (κ1) is 22.3. The second-order valence-electron chi connectivity index (χ2n) is 9.44. The molecular formula is C24H26F2N4O2S. The second-order valence-corrected chi connectivity index (χ2v) is 11.0. The molecule has 3 aliphatic rings. The van der Waals surface area contributed by atoms with E-state index in [1.54, 1.807) is 6.20 Å². The maximum Gasteiger partial charge on any atom is 0.307 e. The molecule has 33 heavy (non-hydrogen) atoms. The van der Waals surface area contributed by atoms with Gasteiger partial charge in [0.1, 0.15) is 16.5 Å². The highest BCUT2D eigenvalue weighted by atomic mass is 32.2. The van der Waals surface area contributed by atoms with Crippen molar-refractivity contribution in [3.05, 3.63) is 35.8 Å². The SMILES string of the molecule is CC(C)Sc1nc(-c2c[nH]c3ncc(F)cc23)nc(C[C@H]2C3CCC(CC3)[C@@H]2C(=O)O)c1F. The van der Waals surface area contributed by atoms with E-state index in [1.807, 2.05) is 13.8 Å². The molecule has 3 fully saturated rings. The Balaban J connectivity index is 1.59. The molecule has 0 aliphatic heterocycles. The van der Waals surface area contributed by atoms with Crippen molar-refractivity contribution in [2.45, 2.75) is 56.2 Å². The summed E-state index contributed by atoms with van der Waals surface area (Å²) >= 11 is 1.30. The third-order valence-corrected chi connectivity index (χ3v) is 8.05. The number of thioether (sulfide) groups is 1. The lowest BCUT2D eigenvalue weighted by Gasteiger charge is -2.46. The number of nitrogens with zero attached hydrogens (tertiary/aromatic N) is 3. The van der Waals surface area contributed by atoms with Crippen molar-refractivity contribution in [2.75, 3.05) is 0 Å². The summed E-state index contributed by atoms with van der Waals surface area (Å²) in [5.41, 5.74) is 1.28. The number of hydrogen-bond acceptors (Lipinski definition) is 5. The lowest BCUT2D eigenvalue weighted by atomic mass is 9.57. The molecule has 0 radical (unpaired) electrons. The minimum Gasteiger partial charge on any atom is -0.481 e. The van der Waals surface area contributed by atoms with Crippen LogP contribution in [0.1, 0.15) is 45.2 Å². The minimum absolute atomic E-state index is 0.0923. The van der Waals surface area contributed by atoms with Crippen molar-refractivity contribution in [1.82, 2.24) is 19.9 Å². The van der Waals surface area contributed by atoms with Crippen molar-refractivity contribution in [3.8, 4) is 11.4 Å². The van der Waals surface area contributed by atoms with Gasteiger partial charge in [0, 0.05) is 22.4 Å². The molecule has 0 unspecified atom stereocenters. The van der Waals surface area contributed by atoms with Crippen molar-refractivity contribution in [3.63, 3.8) is 0 Å². The second kappa shape index (κ2) is 8.66. The standard InChI is InChI=1S/C24H26F2N4O2S/c1-11(2)33-23-20(26)18(8-15-12-3-5-13(6-4-12)19(15)24(31)32)29-22(30-23)17-10-28-21-16(17)7-14(25)9-27-21/h7,9-13,15,19H,3-6,8H2,1-2H3,(H,27,28)(H,31,32)/t12?,13?,15-,19-/m0/s1. The molecule has 3 aliphatic carbocycles. The molecule has 0 amide bonds. The Morgan fingerprint density at radius 3 is 2.64 bits per heavy atom. The fourth-order valence-electron chi connectivity index (χ4n) is 5.67. The van der Waals surface area contributed by atoms with Crippen LogP contribution in [0.4, 0.5) is 8.78 Å². The minimum atomic E-state index is -0.793. The van der Waals surface area contributed by atoms with Gasteiger partial charge < -0.3 is 10.1 Å². The summed E-state index contributed by atoms with van der Waals surface area (Å²) in [6.07, 6.45) is 6.87. The molecule has 2 bridgehead atoms. The van der Waals surface area contributed by atoms with Crippen molar-refractivity contribution in [2.24, 2.45) is 23.7 Å². The largest absolute Gasteiger partial charge is 0.481 e. The van der Waals surface area contributed by atoms with Gasteiger partial charge in [0.15, 0.2) is 11.6 Å². The number of hydrogen-bond donors (Lipinski definition) is 2. The van der Waals surface area contributed by atoms with Gasteiger partial charge in [-0.1, -0.05) is 13.8 Å². The number of carboxylic acids is 1. The summed E-state index contributed by atoms with van der Waals surface area (Å²) in [6, 6.07) is 1.36. The zero-order chi connectivity index (χ0) is 23.3. The predicted octanol–water partition coefficient (Wildman–Crippen LogP) is 5.48. The molecule has 0 saturated heterocycles. The van der Waals surface area contributed by atoms with Crippen LogP contribution in [0.25, 0.3) is 22.4 Å². The number of rotatable bonds is 6. The Bertz CT molecular complexity index is 1210. The van der Waals surface area contributed by atoms with E-state index in [-0.39, 0.29) is 40.1 Å². The fourth-order valence-corrected chi connectivity index (χ4v) is 6.47. The van der Waals surface area contributed by atoms with E-state index in [0.717, 1.165) is 31.9 Å². The van der Waals surface area contributed by atoms with E-state index in [1.165, 1.54) is 17.8 Å². The summed E-state index contributed by atoms with van der Waals surface area (Å²) in [6.45, 7) is 3.91. The van der Waals surface area contributed by atoms with Gasteiger partial charge in [-0.2, -0.15) is 0 Å². The molecule has 2 N–H and O–H groups in total. The van der Waals surface area contributed by atoms with E-state index in [0.29, 0.717) is 22.4 Å². The molecule has 3 aromatic rings. The Labute approximate surface area is 194 Å². The predicted molar refractivity (Wildman–Crippen MR) is 122 cm³/mol. The van der Waals surface area contributed by atoms with E-state index in [9.17, 15) is 14.3 Å². The maximum atomic E-state index is 15.6. The molecule has 3 heterocycles. The lowest BCUT2D eigenvalue weighted by Crippen LogP contribution is -2.45. The van der Waals surface area contributed by atoms with Crippen molar-refractivity contribution in [1.29, 1.82) is 0 Å². The average molecular weight is 473 g/mol. The number of aromatic amines is 1. The van der Waals surface area contributed by atoms with Gasteiger partial charge in [-0.25, -0.2) is 23.7 Å². The number of carboxylic acid groups (broad SMARTS) is 1. The van der Waals surface area contributed by atoms with Crippen LogP contribution >= 0.6 is 11.8 Å². The smallest absolute Gasteiger partial charge is 0.307 e. The van der Waals surface area contributed by atoms with Gasteiger partial charge in [0.05, 0.1) is 17.8 Å². The molecule has 6 rings (SSSR count). The molecule has 3 saturated carbocycles. The molecule has 0 spiro atoms. The van der Waals surface area contributed by atoms with E-state index < -0.39 is 23.5 Å². The number of carbonyl (C=O) groups is 1. The third kappa shape index (κ3) is 4.11. The number of H-pyrrole nitrogens is 1. The molecule has 3 aromatic heterocycles. The van der Waals surface area contributed by atoms with E-state index >= 15 is 4.39 Å². The number of aromatic nitrogens is 4. The summed E-state index contributed by atoms with van der Waals surface area (Å²) in [7, 11) is 0. The van der Waals surface area contributed by atoms with Crippen LogP contribution < -0.4 is 0 Å². The zero-order valence-electron chi connectivity index (χ0n) is 18.5. The first-order valence-electron chi connectivity index (χ1n) is 11.4. The number of aliphatic carboxylic acids is 1. The average Bonchev–Trinajstić information content (AvgIpc) is 3.19. The number of halogens is 2. The first-order chi connectivity index (χ1) is 15.8. The summed E-state index contributed by atoms with van der Waals surface area (Å²) in [4.78, 5) is 28.2. The quantitative estimate of drug-likeness (QED) is 0.365. The Morgan fingerprint density at radius 2 is 1.94 bits per heavy atom. The van der Waals surface area contributed by atoms with Crippen LogP contribution in [0, 0.1) is 35.3 Å². The van der Waals surface area contributed by atoms with Crippen molar-refractivity contribution >= 4 is 28.8 Å². The van der Waals surface area contributed by atoms with Gasteiger partial charge in [0.2, 0.25) is 0 Å². The normalized spacial score (nSPS) is 24.6. The number of nitrogens with one attached hydrogen (secondary N) is 1. The summed E-state index contributed by atoms with van der Waals surface area (Å²) < 4.78 is 29.5. The number of pyridine rings is 1. The molecule has 174 valence electrons. The van der Waals surface area contributed by atoms with Gasteiger partial charge >= 0.3 is 5.97 Å². The zero-order valence-corrected chi connectivity index (χ0v) is 19.3. The molecular weight excluding hydrogens is 446 g/mol. The monoisotopic (exact) mass is 472 g/mol. The molecule has 6 nitrogen and oxygen atoms in total. The van der Waals surface area contributed by atoms with E-state index in [2.05, 4.69) is 19.9 Å². The molecule has 0 aromatic carbocycles. The first-order valence-corrected chi connectivity index (χ1v) is 12.3. The summed E-state index contributed by atoms with van der Waals surface area (Å²) in [5, 5.41) is 10.8. The van der Waals surface area contributed by atoms with Crippen LogP contribution in [0.15, 0.2) is 23.5 Å². The van der Waals surface area contributed by atoms with E-state index in [4.69, 9.17) is 0 Å². The third-order valence-electron chi connectivity index (χ3n) is 7.08. The van der Waals surface area contributed by atoms with Gasteiger partial charge in [-0.15, -0.1) is 11.8 Å². The molecule has 9 heteroatoms. The maximum absolute atomic E-state index is 15.6. The van der Waals surface area contributed by atoms with Crippen molar-refractivity contribution < 1.29 is 18.7 Å². The Hall–Kier alpha value is -2.55. The Morgan fingerprint density at radius 1 is 1.21 bits per heavy atom. The fraction of sp³-hybridized carbons (Fsp3) is 0.500. The van der Waals surface area contributed by atoms with Gasteiger partial charge in [-0.05, 0) is 55.9 Å². The van der Waals surface area contributed by atoms with Crippen LogP contribution in [0.5, 0.6) is 0 Å². The molecule has 2 atom stereocenters. The van der Waals surface area contributed by atoms with Crippen LogP contribution in [-0.2, 0) is 11.2 Å². The topological polar surface area (TPSA) is 91.8 Å². The van der Waals surface area contributed by atoms with Gasteiger partial charge in [0.25, 0.3) is 0 Å². The highest BCUT2D eigenvalue weighted by molar-refractivity contribution is 7.99. The highest BCUT2D eigenvalue weighted by Crippen LogP contribution is 2.50. The van der Waals surface area contributed by atoms with Crippen LogP contribution in [0.3, 0.4) is 0 Å². The van der Waals surface area contributed by atoms with Crippen LogP contribution in [0.2, 0.25) is 0 Å². The van der Waals surface area contributed by atoms with Gasteiger partial charge in [-0.3, -0.25) is 4.79 Å². The summed E-state index contributed by atoms with van der Waals surface area (Å²) in [5.74, 6) is -1.66. The van der Waals surface area contributed by atoms with Crippen LogP contribution in [-0.4, -0.2) is 36.3 Å². The highest BCUT2D eigenvalue weighted by Gasteiger charge is 2.47. The Kier molecular flexibility index (Phi) is 5.84.